The molecule has 6 amide bonds. The van der Waals surface area contributed by atoms with Crippen molar-refractivity contribution >= 4 is 35.4 Å². The molecule has 0 saturated carbocycles. The van der Waals surface area contributed by atoms with E-state index in [2.05, 4.69) is 32.7 Å². The largest absolute Gasteiger partial charge is 0.347 e. The molecule has 0 aromatic heterocycles. The summed E-state index contributed by atoms with van der Waals surface area (Å²) >= 11 is 0. The summed E-state index contributed by atoms with van der Waals surface area (Å²) in [6.07, 6.45) is 2.83. The van der Waals surface area contributed by atoms with Crippen LogP contribution in [0.25, 0.3) is 0 Å². The third-order valence-corrected chi connectivity index (χ3v) is 11.2. The molecule has 2 saturated heterocycles. The maximum atomic E-state index is 14.4. The number of likely N-dealkylation sites (N-methyl/N-ethyl adjacent to an activating group) is 2. The van der Waals surface area contributed by atoms with Gasteiger partial charge in [-0.3, -0.25) is 28.8 Å². The molecule has 2 aromatic rings. The number of nitrogens with one attached hydrogen (secondary N) is 5. The van der Waals surface area contributed by atoms with Crippen molar-refractivity contribution in [1.29, 1.82) is 0 Å². The van der Waals surface area contributed by atoms with E-state index in [9.17, 15) is 28.8 Å². The van der Waals surface area contributed by atoms with Crippen LogP contribution < -0.4 is 26.6 Å². The normalized spacial score (nSPS) is 21.5. The van der Waals surface area contributed by atoms with E-state index in [4.69, 9.17) is 0 Å². The number of hydrogen-bond donors (Lipinski definition) is 5. The van der Waals surface area contributed by atoms with Crippen molar-refractivity contribution in [3.05, 3.63) is 70.8 Å². The smallest absolute Gasteiger partial charge is 0.253 e. The first kappa shape index (κ1) is 41.3. The molecule has 55 heavy (non-hydrogen) atoms. The molecule has 0 bridgehead atoms. The van der Waals surface area contributed by atoms with Crippen molar-refractivity contribution < 1.29 is 28.8 Å². The second kappa shape index (κ2) is 17.8. The number of nitrogens with zero attached hydrogens (tertiary/aromatic N) is 3. The standard InChI is InChI=1S/C41H58N8O6/c1-25(42-6)35(50)46-34(41(3,4)5)40(55)49-24-30(23-33(49)37(52)45-32-14-10-12-27-11-8-9-13-31(27)32)44-36(51)28-15-17-29(18-16-28)39(54)48-21-19-47(20-22-48)38(53)26(2)43-7/h8-9,11,13,15-18,25-26,30,32-34,42-43H,10,12,14,19-24H2,1-7H3,(H,44,51)(H,45,52)(H,46,50). The number of piperazine rings is 1. The van der Waals surface area contributed by atoms with Gasteiger partial charge in [-0.05, 0) is 94.4 Å². The van der Waals surface area contributed by atoms with E-state index in [1.807, 2.05) is 45.9 Å². The van der Waals surface area contributed by atoms with Crippen molar-refractivity contribution in [3.8, 4) is 0 Å². The molecule has 0 spiro atoms. The number of carbonyl (C=O) groups excluding carboxylic acids is 6. The summed E-state index contributed by atoms with van der Waals surface area (Å²) in [5, 5.41) is 15.0. The first-order valence-electron chi connectivity index (χ1n) is 19.5. The number of hydrogen-bond acceptors (Lipinski definition) is 8. The molecule has 1 aliphatic carbocycles. The van der Waals surface area contributed by atoms with Crippen LogP contribution in [0.5, 0.6) is 0 Å². The Hall–Kier alpha value is -4.82. The molecule has 2 heterocycles. The van der Waals surface area contributed by atoms with E-state index in [1.54, 1.807) is 55.1 Å². The minimum Gasteiger partial charge on any atom is -0.347 e. The Bertz CT molecular complexity index is 1730. The van der Waals surface area contributed by atoms with E-state index in [0.717, 1.165) is 24.8 Å². The Morgan fingerprint density at radius 1 is 0.764 bits per heavy atom. The topological polar surface area (TPSA) is 172 Å². The summed E-state index contributed by atoms with van der Waals surface area (Å²) in [7, 11) is 3.40. The van der Waals surface area contributed by atoms with Gasteiger partial charge in [0.25, 0.3) is 11.8 Å². The molecule has 14 nitrogen and oxygen atoms in total. The van der Waals surface area contributed by atoms with Crippen LogP contribution in [-0.4, -0.2) is 127 Å². The fourth-order valence-electron chi connectivity index (χ4n) is 7.56. The summed E-state index contributed by atoms with van der Waals surface area (Å²) in [5.74, 6) is -1.61. The summed E-state index contributed by atoms with van der Waals surface area (Å²) in [5.41, 5.74) is 2.35. The minimum absolute atomic E-state index is 0.00149. The first-order chi connectivity index (χ1) is 26.1. The van der Waals surface area contributed by atoms with Gasteiger partial charge < -0.3 is 41.3 Å². The monoisotopic (exact) mass is 758 g/mol. The summed E-state index contributed by atoms with van der Waals surface area (Å²) in [6.45, 7) is 10.9. The van der Waals surface area contributed by atoms with Crippen LogP contribution in [0.3, 0.4) is 0 Å². The highest BCUT2D eigenvalue weighted by Gasteiger charge is 2.46. The maximum Gasteiger partial charge on any atom is 0.253 e. The van der Waals surface area contributed by atoms with Crippen molar-refractivity contribution in [2.45, 2.75) is 96.6 Å². The predicted molar refractivity (Wildman–Crippen MR) is 209 cm³/mol. The van der Waals surface area contributed by atoms with Crippen LogP contribution in [0.4, 0.5) is 0 Å². The molecule has 5 N–H and O–H groups in total. The van der Waals surface area contributed by atoms with Gasteiger partial charge in [0, 0.05) is 49.9 Å². The lowest BCUT2D eigenvalue weighted by molar-refractivity contribution is -0.144. The van der Waals surface area contributed by atoms with Gasteiger partial charge in [-0.2, -0.15) is 0 Å². The van der Waals surface area contributed by atoms with Crippen molar-refractivity contribution in [3.63, 3.8) is 0 Å². The van der Waals surface area contributed by atoms with E-state index in [-0.39, 0.29) is 48.7 Å². The highest BCUT2D eigenvalue weighted by atomic mass is 16.2. The van der Waals surface area contributed by atoms with Gasteiger partial charge in [0.15, 0.2) is 0 Å². The summed E-state index contributed by atoms with van der Waals surface area (Å²) in [6, 6.07) is 11.1. The van der Waals surface area contributed by atoms with Gasteiger partial charge in [0.1, 0.15) is 12.1 Å². The lowest BCUT2D eigenvalue weighted by Crippen LogP contribution is -2.59. The van der Waals surface area contributed by atoms with Gasteiger partial charge in [0.2, 0.25) is 23.6 Å². The number of amides is 6. The molecule has 298 valence electrons. The molecule has 14 heteroatoms. The van der Waals surface area contributed by atoms with E-state index in [1.165, 1.54) is 10.5 Å². The second-order valence-electron chi connectivity index (χ2n) is 16.1. The maximum absolute atomic E-state index is 14.4. The fourth-order valence-corrected chi connectivity index (χ4v) is 7.56. The second-order valence-corrected chi connectivity index (χ2v) is 16.1. The summed E-state index contributed by atoms with van der Waals surface area (Å²) < 4.78 is 0. The third-order valence-electron chi connectivity index (χ3n) is 11.2. The van der Waals surface area contributed by atoms with Gasteiger partial charge >= 0.3 is 0 Å². The molecular formula is C41H58N8O6. The number of carbonyl (C=O) groups is 6. The highest BCUT2D eigenvalue weighted by Crippen LogP contribution is 2.31. The zero-order chi connectivity index (χ0) is 40.0. The molecule has 2 aromatic carbocycles. The quantitative estimate of drug-likeness (QED) is 0.230. The Morgan fingerprint density at radius 2 is 1.38 bits per heavy atom. The number of fused-ring (bicyclic) bond motifs is 1. The molecule has 2 aliphatic heterocycles. The molecule has 6 unspecified atom stereocenters. The van der Waals surface area contributed by atoms with E-state index < -0.39 is 41.4 Å². The zero-order valence-electron chi connectivity index (χ0n) is 33.2. The number of aryl methyl sites for hydroxylation is 1. The van der Waals surface area contributed by atoms with Crippen LogP contribution in [0.2, 0.25) is 0 Å². The first-order valence-corrected chi connectivity index (χ1v) is 19.5. The average molecular weight is 759 g/mol. The molecular weight excluding hydrogens is 701 g/mol. The Balaban J connectivity index is 1.29. The fraction of sp³-hybridized carbons (Fsp3) is 0.561. The van der Waals surface area contributed by atoms with Crippen LogP contribution in [0.1, 0.15) is 91.8 Å². The van der Waals surface area contributed by atoms with Crippen molar-refractivity contribution in [2.24, 2.45) is 5.41 Å². The van der Waals surface area contributed by atoms with Gasteiger partial charge in [-0.1, -0.05) is 45.0 Å². The van der Waals surface area contributed by atoms with E-state index >= 15 is 0 Å². The van der Waals surface area contributed by atoms with Crippen LogP contribution in [0, 0.1) is 5.41 Å². The molecule has 6 atom stereocenters. The van der Waals surface area contributed by atoms with E-state index in [0.29, 0.717) is 37.3 Å². The van der Waals surface area contributed by atoms with Crippen LogP contribution >= 0.6 is 0 Å². The Labute approximate surface area is 324 Å². The highest BCUT2D eigenvalue weighted by molar-refractivity contribution is 5.99. The molecule has 2 fully saturated rings. The molecule has 5 rings (SSSR count). The van der Waals surface area contributed by atoms with Crippen molar-refractivity contribution in [1.82, 2.24) is 41.3 Å². The minimum atomic E-state index is -0.929. The number of benzene rings is 2. The lowest BCUT2D eigenvalue weighted by atomic mass is 9.85. The summed E-state index contributed by atoms with van der Waals surface area (Å²) in [4.78, 5) is 86.0. The Kier molecular flexibility index (Phi) is 13.3. The van der Waals surface area contributed by atoms with Crippen LogP contribution in [-0.2, 0) is 25.6 Å². The third kappa shape index (κ3) is 9.71. The van der Waals surface area contributed by atoms with Crippen LogP contribution in [0.15, 0.2) is 48.5 Å². The molecule has 3 aliphatic rings. The number of likely N-dealkylation sites (tertiary alicyclic amines) is 1. The molecule has 0 radical (unpaired) electrons. The predicted octanol–water partition coefficient (Wildman–Crippen LogP) is 1.61. The Morgan fingerprint density at radius 3 is 2.02 bits per heavy atom. The average Bonchev–Trinajstić information content (AvgIpc) is 3.62. The van der Waals surface area contributed by atoms with Gasteiger partial charge in [0.05, 0.1) is 18.1 Å². The zero-order valence-corrected chi connectivity index (χ0v) is 33.2. The van der Waals surface area contributed by atoms with Gasteiger partial charge in [-0.15, -0.1) is 0 Å². The lowest BCUT2D eigenvalue weighted by Gasteiger charge is -2.36. The van der Waals surface area contributed by atoms with Gasteiger partial charge in [-0.25, -0.2) is 0 Å². The SMILES string of the molecule is CNC(C)C(=O)NC(C(=O)N1CC(NC(=O)c2ccc(C(=O)N3CCN(C(=O)C(C)NC)CC3)cc2)CC1C(=O)NC1CCCc2ccccc21)C(C)(C)C. The number of rotatable bonds is 11. The van der Waals surface area contributed by atoms with Crippen molar-refractivity contribution in [2.75, 3.05) is 46.8 Å².